The van der Waals surface area contributed by atoms with E-state index in [0.717, 1.165) is 17.7 Å². The SMILES string of the molecule is CCCN1CCN(C(=O)c2cnc(C)cn2)C[C@H](Cc2ccc(-c3cccs3)cc2)C1=O. The van der Waals surface area contributed by atoms with E-state index in [1.807, 2.05) is 17.9 Å². The molecule has 6 nitrogen and oxygen atoms in total. The zero-order valence-electron chi connectivity index (χ0n) is 18.5. The van der Waals surface area contributed by atoms with Gasteiger partial charge >= 0.3 is 0 Å². The molecule has 0 bridgehead atoms. The van der Waals surface area contributed by atoms with E-state index in [-0.39, 0.29) is 17.7 Å². The Morgan fingerprint density at radius 3 is 2.59 bits per heavy atom. The smallest absolute Gasteiger partial charge is 0.274 e. The molecule has 1 saturated heterocycles. The number of aromatic nitrogens is 2. The monoisotopic (exact) mass is 448 g/mol. The number of aryl methyl sites for hydroxylation is 1. The van der Waals surface area contributed by atoms with Gasteiger partial charge in [0, 0.05) is 37.3 Å². The number of hydrogen-bond donors (Lipinski definition) is 0. The highest BCUT2D eigenvalue weighted by Crippen LogP contribution is 2.26. The number of benzene rings is 1. The van der Waals surface area contributed by atoms with Gasteiger partial charge in [0.2, 0.25) is 5.91 Å². The van der Waals surface area contributed by atoms with E-state index in [0.29, 0.717) is 38.3 Å². The van der Waals surface area contributed by atoms with Crippen LogP contribution in [-0.2, 0) is 11.2 Å². The summed E-state index contributed by atoms with van der Waals surface area (Å²) in [5.74, 6) is -0.319. The summed E-state index contributed by atoms with van der Waals surface area (Å²) >= 11 is 1.71. The molecule has 0 spiro atoms. The number of hydrogen-bond acceptors (Lipinski definition) is 5. The van der Waals surface area contributed by atoms with Crippen molar-refractivity contribution in [3.8, 4) is 10.4 Å². The summed E-state index contributed by atoms with van der Waals surface area (Å²) in [5.41, 5.74) is 3.37. The van der Waals surface area contributed by atoms with Gasteiger partial charge in [-0.05, 0) is 42.3 Å². The number of thiophene rings is 1. The van der Waals surface area contributed by atoms with E-state index in [2.05, 4.69) is 52.6 Å². The second-order valence-corrected chi connectivity index (χ2v) is 9.14. The average molecular weight is 449 g/mol. The highest BCUT2D eigenvalue weighted by Gasteiger charge is 2.32. The van der Waals surface area contributed by atoms with Crippen molar-refractivity contribution in [1.82, 2.24) is 19.8 Å². The fourth-order valence-electron chi connectivity index (χ4n) is 4.07. The summed E-state index contributed by atoms with van der Waals surface area (Å²) in [5, 5.41) is 2.07. The molecule has 4 rings (SSSR count). The maximum Gasteiger partial charge on any atom is 0.274 e. The van der Waals surface area contributed by atoms with E-state index in [4.69, 9.17) is 0 Å². The lowest BCUT2D eigenvalue weighted by molar-refractivity contribution is -0.134. The second-order valence-electron chi connectivity index (χ2n) is 8.19. The van der Waals surface area contributed by atoms with Gasteiger partial charge in [0.25, 0.3) is 5.91 Å². The van der Waals surface area contributed by atoms with Gasteiger partial charge in [0.05, 0.1) is 17.8 Å². The molecular weight excluding hydrogens is 420 g/mol. The molecule has 1 fully saturated rings. The lowest BCUT2D eigenvalue weighted by atomic mass is 9.96. The number of rotatable bonds is 6. The minimum absolute atomic E-state index is 0.125. The van der Waals surface area contributed by atoms with Crippen LogP contribution in [0.15, 0.2) is 54.2 Å². The van der Waals surface area contributed by atoms with E-state index < -0.39 is 0 Å². The zero-order chi connectivity index (χ0) is 22.5. The van der Waals surface area contributed by atoms with E-state index in [1.54, 1.807) is 22.4 Å². The van der Waals surface area contributed by atoms with Crippen LogP contribution >= 0.6 is 11.3 Å². The highest BCUT2D eigenvalue weighted by molar-refractivity contribution is 7.13. The van der Waals surface area contributed by atoms with Crippen LogP contribution < -0.4 is 0 Å². The second kappa shape index (κ2) is 10.0. The molecular formula is C25H28N4O2S. The van der Waals surface area contributed by atoms with Crippen LogP contribution in [0.25, 0.3) is 10.4 Å². The zero-order valence-corrected chi connectivity index (χ0v) is 19.3. The predicted octanol–water partition coefficient (Wildman–Crippen LogP) is 4.07. The average Bonchev–Trinajstić information content (AvgIpc) is 3.30. The number of nitrogens with zero attached hydrogens (tertiary/aromatic N) is 4. The molecule has 0 N–H and O–H groups in total. The van der Waals surface area contributed by atoms with Crippen LogP contribution in [0.1, 0.15) is 35.1 Å². The third-order valence-corrected chi connectivity index (χ3v) is 6.68. The summed E-state index contributed by atoms with van der Waals surface area (Å²) in [6, 6.07) is 12.6. The molecule has 3 heterocycles. The van der Waals surface area contributed by atoms with E-state index in [9.17, 15) is 9.59 Å². The van der Waals surface area contributed by atoms with Gasteiger partial charge in [-0.1, -0.05) is 37.3 Å². The van der Waals surface area contributed by atoms with Crippen LogP contribution in [0.5, 0.6) is 0 Å². The molecule has 7 heteroatoms. The van der Waals surface area contributed by atoms with Gasteiger partial charge in [-0.3, -0.25) is 14.6 Å². The van der Waals surface area contributed by atoms with Crippen molar-refractivity contribution in [2.75, 3.05) is 26.2 Å². The largest absolute Gasteiger partial charge is 0.341 e. The van der Waals surface area contributed by atoms with Gasteiger partial charge < -0.3 is 9.80 Å². The first kappa shape index (κ1) is 22.1. The third-order valence-electron chi connectivity index (χ3n) is 5.76. The van der Waals surface area contributed by atoms with Crippen LogP contribution in [0, 0.1) is 12.8 Å². The Morgan fingerprint density at radius 1 is 1.12 bits per heavy atom. The predicted molar refractivity (Wildman–Crippen MR) is 126 cm³/mol. The summed E-state index contributed by atoms with van der Waals surface area (Å²) in [4.78, 5) is 39.8. The Morgan fingerprint density at radius 2 is 1.94 bits per heavy atom. The van der Waals surface area contributed by atoms with E-state index in [1.165, 1.54) is 16.6 Å². The molecule has 0 saturated carbocycles. The van der Waals surface area contributed by atoms with Gasteiger partial charge in [-0.15, -0.1) is 11.3 Å². The first-order valence-corrected chi connectivity index (χ1v) is 11.9. The van der Waals surface area contributed by atoms with Crippen LogP contribution in [0.2, 0.25) is 0 Å². The third kappa shape index (κ3) is 5.05. The molecule has 0 radical (unpaired) electrons. The molecule has 0 unspecified atom stereocenters. The summed E-state index contributed by atoms with van der Waals surface area (Å²) in [6.45, 7) is 6.06. The maximum absolute atomic E-state index is 13.3. The van der Waals surface area contributed by atoms with Crippen LogP contribution in [-0.4, -0.2) is 57.8 Å². The van der Waals surface area contributed by atoms with Crippen LogP contribution in [0.4, 0.5) is 0 Å². The molecule has 1 atom stereocenters. The fourth-order valence-corrected chi connectivity index (χ4v) is 4.80. The molecule has 166 valence electrons. The first-order valence-electron chi connectivity index (χ1n) is 11.0. The first-order chi connectivity index (χ1) is 15.5. The van der Waals surface area contributed by atoms with E-state index >= 15 is 0 Å². The maximum atomic E-state index is 13.3. The van der Waals surface area contributed by atoms with Crippen molar-refractivity contribution in [1.29, 1.82) is 0 Å². The molecule has 32 heavy (non-hydrogen) atoms. The molecule has 1 aliphatic rings. The van der Waals surface area contributed by atoms with Crippen molar-refractivity contribution >= 4 is 23.2 Å². The van der Waals surface area contributed by atoms with Gasteiger partial charge in [-0.25, -0.2) is 4.98 Å². The minimum Gasteiger partial charge on any atom is -0.341 e. The Labute approximate surface area is 192 Å². The molecule has 1 aliphatic heterocycles. The quantitative estimate of drug-likeness (QED) is 0.570. The van der Waals surface area contributed by atoms with Gasteiger partial charge in [0.1, 0.15) is 5.69 Å². The fraction of sp³-hybridized carbons (Fsp3) is 0.360. The van der Waals surface area contributed by atoms with Gasteiger partial charge in [0.15, 0.2) is 0 Å². The summed E-state index contributed by atoms with van der Waals surface area (Å²) in [6.07, 6.45) is 4.62. The Bertz CT molecular complexity index is 1050. The van der Waals surface area contributed by atoms with Crippen LogP contribution in [0.3, 0.4) is 0 Å². The molecule has 2 aromatic heterocycles. The normalized spacial score (nSPS) is 16.8. The summed E-state index contributed by atoms with van der Waals surface area (Å²) < 4.78 is 0. The lowest BCUT2D eigenvalue weighted by Crippen LogP contribution is -2.38. The minimum atomic E-state index is -0.279. The Balaban J connectivity index is 1.53. The Hall–Kier alpha value is -3.06. The van der Waals surface area contributed by atoms with Crippen molar-refractivity contribution < 1.29 is 9.59 Å². The molecule has 1 aromatic carbocycles. The molecule has 0 aliphatic carbocycles. The molecule has 3 aromatic rings. The van der Waals surface area contributed by atoms with Crippen molar-refractivity contribution in [3.63, 3.8) is 0 Å². The Kier molecular flexibility index (Phi) is 6.95. The van der Waals surface area contributed by atoms with Crippen molar-refractivity contribution in [2.24, 2.45) is 5.92 Å². The number of carbonyl (C=O) groups excluding carboxylic acids is 2. The lowest BCUT2D eigenvalue weighted by Gasteiger charge is -2.24. The topological polar surface area (TPSA) is 66.4 Å². The van der Waals surface area contributed by atoms with Crippen molar-refractivity contribution in [2.45, 2.75) is 26.7 Å². The summed E-state index contributed by atoms with van der Waals surface area (Å²) in [7, 11) is 0. The standard InChI is InChI=1S/C25H28N4O2S/c1-3-10-28-11-12-29(25(31)22-16-26-18(2)15-27-22)17-21(24(28)30)14-19-6-8-20(9-7-19)23-5-4-13-32-23/h4-9,13,15-16,21H,3,10-12,14,17H2,1-2H3/t21-/m0/s1. The number of amides is 2. The van der Waals surface area contributed by atoms with Crippen molar-refractivity contribution in [3.05, 3.63) is 71.1 Å². The van der Waals surface area contributed by atoms with Gasteiger partial charge in [-0.2, -0.15) is 0 Å². The molecule has 2 amide bonds. The highest BCUT2D eigenvalue weighted by atomic mass is 32.1. The number of carbonyl (C=O) groups is 2.